The second-order valence-corrected chi connectivity index (χ2v) is 9.01. The number of rotatable bonds is 6. The number of ether oxygens (including phenoxy) is 1. The van der Waals surface area contributed by atoms with E-state index in [9.17, 15) is 13.2 Å². The number of hydrogen-bond acceptors (Lipinski definition) is 4. The smallest absolute Gasteiger partial charge is 0.315 e. The highest BCUT2D eigenvalue weighted by atomic mass is 32.2. The molecule has 0 bridgehead atoms. The maximum atomic E-state index is 11.9. The quantitative estimate of drug-likeness (QED) is 0.698. The zero-order valence-corrected chi connectivity index (χ0v) is 15.6. The highest BCUT2D eigenvalue weighted by molar-refractivity contribution is 7.88. The van der Waals surface area contributed by atoms with Crippen molar-refractivity contribution < 1.29 is 17.9 Å². The third kappa shape index (κ3) is 6.22. The van der Waals surface area contributed by atoms with Gasteiger partial charge in [-0.3, -0.25) is 0 Å². The van der Waals surface area contributed by atoms with Crippen LogP contribution in [0.5, 0.6) is 0 Å². The summed E-state index contributed by atoms with van der Waals surface area (Å²) < 4.78 is 30.5. The lowest BCUT2D eigenvalue weighted by molar-refractivity contribution is -0.00246. The summed E-state index contributed by atoms with van der Waals surface area (Å²) >= 11 is 0. The summed E-state index contributed by atoms with van der Waals surface area (Å²) in [6.45, 7) is 4.09. The molecule has 1 heterocycles. The average molecular weight is 362 g/mol. The Bertz CT molecular complexity index is 511. The van der Waals surface area contributed by atoms with Crippen molar-refractivity contribution in [1.29, 1.82) is 0 Å². The predicted molar refractivity (Wildman–Crippen MR) is 93.3 cm³/mol. The fraction of sp³-hybridized carbons (Fsp3) is 0.938. The molecule has 0 aromatic heterocycles. The molecule has 0 unspecified atom stereocenters. The molecule has 8 heteroatoms. The van der Waals surface area contributed by atoms with Crippen LogP contribution in [0.1, 0.15) is 45.4 Å². The van der Waals surface area contributed by atoms with Gasteiger partial charge < -0.3 is 15.4 Å². The summed E-state index contributed by atoms with van der Waals surface area (Å²) in [5, 5.41) is 5.65. The van der Waals surface area contributed by atoms with Gasteiger partial charge in [0.25, 0.3) is 0 Å². The minimum Gasteiger partial charge on any atom is -0.376 e. The number of nitrogens with zero attached hydrogens (tertiary/aromatic N) is 1. The van der Waals surface area contributed by atoms with Gasteiger partial charge in [0, 0.05) is 25.7 Å². The van der Waals surface area contributed by atoms with Crippen molar-refractivity contribution in [1.82, 2.24) is 14.9 Å². The van der Waals surface area contributed by atoms with Crippen molar-refractivity contribution >= 4 is 16.1 Å². The van der Waals surface area contributed by atoms with E-state index < -0.39 is 10.0 Å². The monoisotopic (exact) mass is 361 g/mol. The first-order valence-electron chi connectivity index (χ1n) is 8.97. The normalized spacial score (nSPS) is 29.2. The molecule has 1 aliphatic heterocycles. The van der Waals surface area contributed by atoms with Crippen LogP contribution in [-0.4, -0.2) is 63.4 Å². The molecule has 1 aliphatic carbocycles. The number of piperidine rings is 1. The minimum atomic E-state index is -3.19. The third-order valence-electron chi connectivity index (χ3n) is 4.94. The summed E-state index contributed by atoms with van der Waals surface area (Å²) in [7, 11) is -3.19. The number of hydrogen-bond donors (Lipinski definition) is 2. The van der Waals surface area contributed by atoms with Crippen LogP contribution in [0.25, 0.3) is 0 Å². The van der Waals surface area contributed by atoms with E-state index in [0.29, 0.717) is 38.3 Å². The van der Waals surface area contributed by atoms with Gasteiger partial charge in [-0.2, -0.15) is 0 Å². The fourth-order valence-corrected chi connectivity index (χ4v) is 4.41. The Kier molecular flexibility index (Phi) is 7.31. The van der Waals surface area contributed by atoms with E-state index in [-0.39, 0.29) is 12.1 Å². The number of carbonyl (C=O) groups is 1. The van der Waals surface area contributed by atoms with Gasteiger partial charge in [0.2, 0.25) is 10.0 Å². The van der Waals surface area contributed by atoms with E-state index >= 15 is 0 Å². The molecule has 1 saturated carbocycles. The molecule has 140 valence electrons. The Morgan fingerprint density at radius 3 is 2.67 bits per heavy atom. The van der Waals surface area contributed by atoms with Crippen molar-refractivity contribution in [3.8, 4) is 0 Å². The molecule has 2 N–H and O–H groups in total. The fourth-order valence-electron chi connectivity index (χ4n) is 3.50. The Labute approximate surface area is 145 Å². The van der Waals surface area contributed by atoms with Crippen molar-refractivity contribution in [3.63, 3.8) is 0 Å². The van der Waals surface area contributed by atoms with Crippen LogP contribution in [0.3, 0.4) is 0 Å². The van der Waals surface area contributed by atoms with E-state index in [1.165, 1.54) is 29.8 Å². The Hall–Kier alpha value is -0.860. The van der Waals surface area contributed by atoms with Crippen LogP contribution in [-0.2, 0) is 14.8 Å². The number of urea groups is 1. The largest absolute Gasteiger partial charge is 0.376 e. The Morgan fingerprint density at radius 2 is 1.96 bits per heavy atom. The molecule has 2 fully saturated rings. The second kappa shape index (κ2) is 9.01. The van der Waals surface area contributed by atoms with Crippen LogP contribution in [0.15, 0.2) is 0 Å². The zero-order valence-electron chi connectivity index (χ0n) is 14.8. The van der Waals surface area contributed by atoms with E-state index in [0.717, 1.165) is 19.3 Å². The van der Waals surface area contributed by atoms with Gasteiger partial charge in [-0.15, -0.1) is 0 Å². The standard InChI is InChI=1S/C16H31N3O4S/c1-13-6-3-4-8-15(13)23-11-9-17-16(20)18-14-7-5-10-19(12-14)24(2,21)22/h13-15H,3-12H2,1-2H3,(H2,17,18,20)/t13-,14+,15+/m1/s1. The molecule has 0 aromatic rings. The predicted octanol–water partition coefficient (Wildman–Crippen LogP) is 1.30. The SMILES string of the molecule is C[C@@H]1CCCC[C@@H]1OCCNC(=O)N[C@H]1CCCN(S(C)(=O)=O)C1. The molecule has 2 aliphatic rings. The number of amides is 2. The first kappa shape index (κ1) is 19.5. The summed E-state index contributed by atoms with van der Waals surface area (Å²) in [6.07, 6.45) is 7.92. The van der Waals surface area contributed by atoms with Crippen LogP contribution in [0.4, 0.5) is 4.79 Å². The van der Waals surface area contributed by atoms with Gasteiger partial charge in [-0.1, -0.05) is 19.8 Å². The molecule has 2 amide bonds. The van der Waals surface area contributed by atoms with Crippen molar-refractivity contribution in [2.24, 2.45) is 5.92 Å². The average Bonchev–Trinajstić information content (AvgIpc) is 2.52. The van der Waals surface area contributed by atoms with Crippen LogP contribution in [0, 0.1) is 5.92 Å². The van der Waals surface area contributed by atoms with E-state index in [4.69, 9.17) is 4.74 Å². The second-order valence-electron chi connectivity index (χ2n) is 7.03. The molecule has 0 aromatic carbocycles. The van der Waals surface area contributed by atoms with Gasteiger partial charge in [-0.05, 0) is 31.6 Å². The maximum Gasteiger partial charge on any atom is 0.315 e. The van der Waals surface area contributed by atoms with Gasteiger partial charge in [-0.25, -0.2) is 17.5 Å². The van der Waals surface area contributed by atoms with Gasteiger partial charge >= 0.3 is 6.03 Å². The molecule has 7 nitrogen and oxygen atoms in total. The summed E-state index contributed by atoms with van der Waals surface area (Å²) in [5.41, 5.74) is 0. The van der Waals surface area contributed by atoms with E-state index in [1.807, 2.05) is 0 Å². The Balaban J connectivity index is 1.62. The number of sulfonamides is 1. The minimum absolute atomic E-state index is 0.132. The lowest BCUT2D eigenvalue weighted by Gasteiger charge is -2.31. The summed E-state index contributed by atoms with van der Waals surface area (Å²) in [4.78, 5) is 11.9. The molecular weight excluding hydrogens is 330 g/mol. The van der Waals surface area contributed by atoms with E-state index in [2.05, 4.69) is 17.6 Å². The van der Waals surface area contributed by atoms with Crippen molar-refractivity contribution in [2.75, 3.05) is 32.5 Å². The van der Waals surface area contributed by atoms with Gasteiger partial charge in [0.1, 0.15) is 0 Å². The molecule has 0 spiro atoms. The summed E-state index contributed by atoms with van der Waals surface area (Å²) in [5.74, 6) is 0.594. The van der Waals surface area contributed by atoms with Crippen LogP contribution < -0.4 is 10.6 Å². The highest BCUT2D eigenvalue weighted by Gasteiger charge is 2.26. The van der Waals surface area contributed by atoms with Crippen molar-refractivity contribution in [2.45, 2.75) is 57.6 Å². The van der Waals surface area contributed by atoms with Crippen LogP contribution in [0.2, 0.25) is 0 Å². The molecule has 2 rings (SSSR count). The topological polar surface area (TPSA) is 87.7 Å². The number of nitrogens with one attached hydrogen (secondary N) is 2. The van der Waals surface area contributed by atoms with E-state index in [1.54, 1.807) is 0 Å². The molecule has 3 atom stereocenters. The lowest BCUT2D eigenvalue weighted by atomic mass is 9.88. The lowest BCUT2D eigenvalue weighted by Crippen LogP contribution is -2.52. The van der Waals surface area contributed by atoms with Gasteiger partial charge in [0.15, 0.2) is 0 Å². The van der Waals surface area contributed by atoms with Crippen LogP contribution >= 0.6 is 0 Å². The molecular formula is C16H31N3O4S. The summed E-state index contributed by atoms with van der Waals surface area (Å²) in [6, 6.07) is -0.386. The Morgan fingerprint density at radius 1 is 1.21 bits per heavy atom. The first-order valence-corrected chi connectivity index (χ1v) is 10.8. The highest BCUT2D eigenvalue weighted by Crippen LogP contribution is 2.25. The molecule has 24 heavy (non-hydrogen) atoms. The molecule has 1 saturated heterocycles. The van der Waals surface area contributed by atoms with Gasteiger partial charge in [0.05, 0.1) is 19.0 Å². The third-order valence-corrected chi connectivity index (χ3v) is 6.21. The maximum absolute atomic E-state index is 11.9. The zero-order chi connectivity index (χ0) is 17.6. The number of carbonyl (C=O) groups excluding carboxylic acids is 1. The first-order chi connectivity index (χ1) is 11.4. The molecule has 0 radical (unpaired) electrons. The van der Waals surface area contributed by atoms with Crippen molar-refractivity contribution in [3.05, 3.63) is 0 Å².